The number of pyridine rings is 1. The van der Waals surface area contributed by atoms with Crippen LogP contribution in [0.25, 0.3) is 22.2 Å². The van der Waals surface area contributed by atoms with Crippen molar-refractivity contribution in [1.29, 1.82) is 0 Å². The van der Waals surface area contributed by atoms with Gasteiger partial charge in [0.05, 0.1) is 35.6 Å². The lowest BCUT2D eigenvalue weighted by Crippen LogP contribution is -2.15. The van der Waals surface area contributed by atoms with E-state index >= 15 is 0 Å². The molecule has 36 heavy (non-hydrogen) atoms. The minimum absolute atomic E-state index is 0.107. The van der Waals surface area contributed by atoms with Gasteiger partial charge in [-0.2, -0.15) is 0 Å². The summed E-state index contributed by atoms with van der Waals surface area (Å²) in [6.45, 7) is 5.26. The van der Waals surface area contributed by atoms with Crippen molar-refractivity contribution in [1.82, 2.24) is 4.98 Å². The molecule has 0 fully saturated rings. The van der Waals surface area contributed by atoms with E-state index in [1.54, 1.807) is 63.2 Å². The van der Waals surface area contributed by atoms with E-state index in [0.717, 1.165) is 11.3 Å². The molecule has 0 atom stereocenters. The maximum absolute atomic E-state index is 13.6. The Morgan fingerprint density at radius 2 is 1.64 bits per heavy atom. The molecular weight excluding hydrogens is 483 g/mol. The predicted octanol–water partition coefficient (Wildman–Crippen LogP) is 6.02. The van der Waals surface area contributed by atoms with Crippen LogP contribution < -0.4 is 5.32 Å². The number of thiophene rings is 1. The van der Waals surface area contributed by atoms with Crippen molar-refractivity contribution in [3.05, 3.63) is 82.0 Å². The molecule has 0 saturated heterocycles. The number of anilines is 1. The van der Waals surface area contributed by atoms with Crippen molar-refractivity contribution in [2.45, 2.75) is 20.8 Å². The first kappa shape index (κ1) is 25.0. The number of carbonyl (C=O) groups excluding carboxylic acids is 3. The molecule has 184 valence electrons. The molecule has 1 N–H and O–H groups in total. The van der Waals surface area contributed by atoms with Crippen molar-refractivity contribution in [3.8, 4) is 11.3 Å². The number of amides is 1. The number of fused-ring (bicyclic) bond motifs is 1. The predicted molar refractivity (Wildman–Crippen MR) is 136 cm³/mol. The quantitative estimate of drug-likeness (QED) is 0.308. The van der Waals surface area contributed by atoms with Gasteiger partial charge in [-0.1, -0.05) is 18.2 Å². The van der Waals surface area contributed by atoms with Gasteiger partial charge in [0.15, 0.2) is 0 Å². The fraction of sp³-hybridized carbons (Fsp3) is 0.185. The number of rotatable bonds is 7. The van der Waals surface area contributed by atoms with Crippen LogP contribution in [0.3, 0.4) is 0 Å². The van der Waals surface area contributed by atoms with Gasteiger partial charge >= 0.3 is 11.9 Å². The van der Waals surface area contributed by atoms with Crippen LogP contribution in [0.5, 0.6) is 0 Å². The number of nitrogens with zero attached hydrogens (tertiary/aromatic N) is 1. The maximum atomic E-state index is 13.6. The summed E-state index contributed by atoms with van der Waals surface area (Å²) in [5, 5.41) is 3.57. The average molecular weight is 507 g/mol. The number of aromatic nitrogens is 1. The fourth-order valence-corrected chi connectivity index (χ4v) is 4.83. The third kappa shape index (κ3) is 4.96. The van der Waals surface area contributed by atoms with Crippen LogP contribution in [0.4, 0.5) is 9.39 Å². The first-order valence-corrected chi connectivity index (χ1v) is 12.1. The number of halogens is 1. The lowest BCUT2D eigenvalue weighted by Gasteiger charge is -2.11. The molecule has 0 bridgehead atoms. The number of benzene rings is 2. The Morgan fingerprint density at radius 3 is 2.33 bits per heavy atom. The summed E-state index contributed by atoms with van der Waals surface area (Å²) in [4.78, 5) is 43.6. The summed E-state index contributed by atoms with van der Waals surface area (Å²) in [7, 11) is 0. The molecule has 9 heteroatoms. The zero-order valence-corrected chi connectivity index (χ0v) is 20.7. The van der Waals surface area contributed by atoms with Gasteiger partial charge in [0.2, 0.25) is 0 Å². The summed E-state index contributed by atoms with van der Waals surface area (Å²) in [5.41, 5.74) is 2.48. The van der Waals surface area contributed by atoms with E-state index in [1.165, 1.54) is 12.1 Å². The van der Waals surface area contributed by atoms with Crippen molar-refractivity contribution < 1.29 is 28.2 Å². The van der Waals surface area contributed by atoms with Crippen LogP contribution in [-0.4, -0.2) is 36.0 Å². The van der Waals surface area contributed by atoms with Crippen LogP contribution in [0.15, 0.2) is 54.6 Å². The molecule has 4 aromatic rings. The molecule has 0 unspecified atom stereocenters. The molecule has 0 aliphatic carbocycles. The highest BCUT2D eigenvalue weighted by Crippen LogP contribution is 2.35. The summed E-state index contributed by atoms with van der Waals surface area (Å²) in [5.74, 6) is -2.11. The topological polar surface area (TPSA) is 94.6 Å². The average Bonchev–Trinajstić information content (AvgIpc) is 3.19. The van der Waals surface area contributed by atoms with Crippen LogP contribution in [0, 0.1) is 12.7 Å². The van der Waals surface area contributed by atoms with Gasteiger partial charge in [-0.25, -0.2) is 19.0 Å². The standard InChI is InChI=1S/C27H23FN2O5S/c1-4-34-26(32)22-15(3)23(27(33)35-5-2)36-25(22)30-24(31)19-14-21(16-10-12-17(28)13-11-16)29-20-9-7-6-8-18(19)20/h6-14H,4-5H2,1-3H3,(H,30,31). The second-order valence-corrected chi connectivity index (χ2v) is 8.76. The Kier molecular flexibility index (Phi) is 7.40. The van der Waals surface area contributed by atoms with Gasteiger partial charge < -0.3 is 14.8 Å². The summed E-state index contributed by atoms with van der Waals surface area (Å²) in [6, 6.07) is 14.6. The highest BCUT2D eigenvalue weighted by atomic mass is 32.1. The summed E-state index contributed by atoms with van der Waals surface area (Å²) >= 11 is 0.954. The molecule has 2 aromatic heterocycles. The van der Waals surface area contributed by atoms with Gasteiger partial charge in [0.1, 0.15) is 15.7 Å². The van der Waals surface area contributed by atoms with Crippen molar-refractivity contribution in [3.63, 3.8) is 0 Å². The maximum Gasteiger partial charge on any atom is 0.348 e. The number of esters is 2. The van der Waals surface area contributed by atoms with E-state index in [1.807, 2.05) is 0 Å². The third-order valence-electron chi connectivity index (χ3n) is 5.42. The molecule has 7 nitrogen and oxygen atoms in total. The van der Waals surface area contributed by atoms with Gasteiger partial charge in [-0.05, 0) is 62.7 Å². The molecule has 2 heterocycles. The van der Waals surface area contributed by atoms with Gasteiger partial charge in [-0.3, -0.25) is 4.79 Å². The minimum Gasteiger partial charge on any atom is -0.462 e. The van der Waals surface area contributed by atoms with Crippen LogP contribution in [-0.2, 0) is 9.47 Å². The zero-order valence-electron chi connectivity index (χ0n) is 19.9. The number of ether oxygens (including phenoxy) is 2. The third-order valence-corrected chi connectivity index (χ3v) is 6.60. The first-order valence-electron chi connectivity index (χ1n) is 11.3. The molecule has 0 radical (unpaired) electrons. The molecule has 0 spiro atoms. The summed E-state index contributed by atoms with van der Waals surface area (Å²) < 4.78 is 23.7. The first-order chi connectivity index (χ1) is 17.3. The highest BCUT2D eigenvalue weighted by molar-refractivity contribution is 7.18. The number of hydrogen-bond acceptors (Lipinski definition) is 7. The van der Waals surface area contributed by atoms with Crippen LogP contribution in [0.1, 0.15) is 49.8 Å². The van der Waals surface area contributed by atoms with Gasteiger partial charge in [0, 0.05) is 10.9 Å². The molecule has 2 aromatic carbocycles. The Bertz CT molecular complexity index is 1460. The molecular formula is C27H23FN2O5S. The monoisotopic (exact) mass is 506 g/mol. The van der Waals surface area contributed by atoms with E-state index in [4.69, 9.17) is 9.47 Å². The molecule has 0 aliphatic rings. The summed E-state index contributed by atoms with van der Waals surface area (Å²) in [6.07, 6.45) is 0. The smallest absolute Gasteiger partial charge is 0.348 e. The molecule has 0 saturated carbocycles. The van der Waals surface area contributed by atoms with Crippen LogP contribution in [0.2, 0.25) is 0 Å². The Labute approximate surface area is 210 Å². The second-order valence-electron chi connectivity index (χ2n) is 7.73. The zero-order chi connectivity index (χ0) is 25.8. The van der Waals surface area contributed by atoms with E-state index < -0.39 is 17.8 Å². The minimum atomic E-state index is -0.649. The van der Waals surface area contributed by atoms with Crippen molar-refractivity contribution >= 4 is 45.1 Å². The Balaban J connectivity index is 1.80. The van der Waals surface area contributed by atoms with E-state index in [9.17, 15) is 18.8 Å². The fourth-order valence-electron chi connectivity index (χ4n) is 3.74. The van der Waals surface area contributed by atoms with E-state index in [0.29, 0.717) is 33.3 Å². The van der Waals surface area contributed by atoms with E-state index in [2.05, 4.69) is 10.3 Å². The highest BCUT2D eigenvalue weighted by Gasteiger charge is 2.28. The molecule has 1 amide bonds. The van der Waals surface area contributed by atoms with Crippen molar-refractivity contribution in [2.75, 3.05) is 18.5 Å². The largest absolute Gasteiger partial charge is 0.462 e. The second kappa shape index (κ2) is 10.7. The lowest BCUT2D eigenvalue weighted by molar-refractivity contribution is 0.0527. The lowest BCUT2D eigenvalue weighted by atomic mass is 10.0. The number of hydrogen-bond donors (Lipinski definition) is 1. The number of para-hydroxylation sites is 1. The normalized spacial score (nSPS) is 10.8. The Hall–Kier alpha value is -4.11. The van der Waals surface area contributed by atoms with E-state index in [-0.39, 0.29) is 34.5 Å². The van der Waals surface area contributed by atoms with Crippen molar-refractivity contribution in [2.24, 2.45) is 0 Å². The number of nitrogens with one attached hydrogen (secondary N) is 1. The number of carbonyl (C=O) groups is 3. The Morgan fingerprint density at radius 1 is 0.972 bits per heavy atom. The van der Waals surface area contributed by atoms with Crippen LogP contribution >= 0.6 is 11.3 Å². The van der Waals surface area contributed by atoms with Gasteiger partial charge in [-0.15, -0.1) is 11.3 Å². The van der Waals surface area contributed by atoms with Gasteiger partial charge in [0.25, 0.3) is 5.91 Å². The molecule has 4 rings (SSSR count). The molecule has 0 aliphatic heterocycles. The SMILES string of the molecule is CCOC(=O)c1sc(NC(=O)c2cc(-c3ccc(F)cc3)nc3ccccc23)c(C(=O)OCC)c1C.